The van der Waals surface area contributed by atoms with Crippen LogP contribution in [0.4, 0.5) is 0 Å². The van der Waals surface area contributed by atoms with Gasteiger partial charge in [-0.15, -0.1) is 0 Å². The van der Waals surface area contributed by atoms with E-state index in [4.69, 9.17) is 21.1 Å². The number of carbonyl (C=O) groups excluding carboxylic acids is 1. The Hall–Kier alpha value is -3.77. The zero-order chi connectivity index (χ0) is 22.9. The van der Waals surface area contributed by atoms with Gasteiger partial charge in [-0.1, -0.05) is 60.1 Å². The number of halogens is 1. The molecule has 2 N–H and O–H groups in total. The minimum absolute atomic E-state index is 0.266. The fourth-order valence-corrected chi connectivity index (χ4v) is 3.25. The van der Waals surface area contributed by atoms with Gasteiger partial charge in [0.15, 0.2) is 11.5 Å². The molecule has 7 heteroatoms. The van der Waals surface area contributed by atoms with Crippen molar-refractivity contribution >= 4 is 29.6 Å². The lowest BCUT2D eigenvalue weighted by molar-refractivity contribution is -0.132. The second-order valence-electron chi connectivity index (χ2n) is 6.80. The lowest BCUT2D eigenvalue weighted by Crippen LogP contribution is -2.27. The Morgan fingerprint density at radius 2 is 1.69 bits per heavy atom. The number of benzene rings is 3. The van der Waals surface area contributed by atoms with Crippen LogP contribution in [0.5, 0.6) is 11.5 Å². The Balaban J connectivity index is 1.78. The zero-order valence-electron chi connectivity index (χ0n) is 17.4. The van der Waals surface area contributed by atoms with Crippen LogP contribution in [0.25, 0.3) is 6.08 Å². The minimum Gasteiger partial charge on any atom is -0.493 e. The summed E-state index contributed by atoms with van der Waals surface area (Å²) < 4.78 is 11.2. The molecular weight excluding hydrogens is 430 g/mol. The SMILES string of the molecule is COc1cc(C=C(NC(=O)c2ccccc2)C(=O)O)cc(Cl)c1OCCc1ccccc1. The number of aliphatic carboxylic acids is 1. The van der Waals surface area contributed by atoms with E-state index in [0.717, 1.165) is 5.56 Å². The molecule has 0 radical (unpaired) electrons. The highest BCUT2D eigenvalue weighted by molar-refractivity contribution is 6.32. The third-order valence-electron chi connectivity index (χ3n) is 4.56. The molecular formula is C25H22ClNO5. The molecule has 6 nitrogen and oxygen atoms in total. The van der Waals surface area contributed by atoms with Gasteiger partial charge in [-0.25, -0.2) is 4.79 Å². The molecule has 0 saturated carbocycles. The van der Waals surface area contributed by atoms with Crippen molar-refractivity contribution in [3.8, 4) is 11.5 Å². The molecule has 164 valence electrons. The summed E-state index contributed by atoms with van der Waals surface area (Å²) in [6, 6.07) is 21.4. The predicted molar refractivity (Wildman–Crippen MR) is 123 cm³/mol. The number of carboxylic acid groups (broad SMARTS) is 1. The molecule has 0 spiro atoms. The first-order valence-electron chi connectivity index (χ1n) is 9.83. The first kappa shape index (κ1) is 22.9. The van der Waals surface area contributed by atoms with E-state index in [1.807, 2.05) is 30.3 Å². The van der Waals surface area contributed by atoms with Crippen molar-refractivity contribution in [2.75, 3.05) is 13.7 Å². The van der Waals surface area contributed by atoms with E-state index in [0.29, 0.717) is 35.7 Å². The van der Waals surface area contributed by atoms with E-state index in [1.54, 1.807) is 42.5 Å². The quantitative estimate of drug-likeness (QED) is 0.455. The molecule has 0 aliphatic rings. The average molecular weight is 452 g/mol. The van der Waals surface area contributed by atoms with E-state index in [-0.39, 0.29) is 10.7 Å². The van der Waals surface area contributed by atoms with Crippen LogP contribution in [0.3, 0.4) is 0 Å². The molecule has 3 aromatic rings. The van der Waals surface area contributed by atoms with Crippen LogP contribution >= 0.6 is 11.6 Å². The third-order valence-corrected chi connectivity index (χ3v) is 4.84. The Labute approximate surface area is 191 Å². The first-order valence-corrected chi connectivity index (χ1v) is 10.2. The second-order valence-corrected chi connectivity index (χ2v) is 7.21. The molecule has 1 amide bonds. The lowest BCUT2D eigenvalue weighted by Gasteiger charge is -2.14. The van der Waals surface area contributed by atoms with Crippen molar-refractivity contribution < 1.29 is 24.2 Å². The maximum Gasteiger partial charge on any atom is 0.352 e. The van der Waals surface area contributed by atoms with Crippen LogP contribution in [0, 0.1) is 0 Å². The summed E-state index contributed by atoms with van der Waals surface area (Å²) in [4.78, 5) is 24.0. The van der Waals surface area contributed by atoms with E-state index in [9.17, 15) is 14.7 Å². The standard InChI is InChI=1S/C25H22ClNO5/c1-31-22-16-18(14-20(26)23(22)32-13-12-17-8-4-2-5-9-17)15-21(25(29)30)27-24(28)19-10-6-3-7-11-19/h2-11,14-16H,12-13H2,1H3,(H,27,28)(H,29,30). The lowest BCUT2D eigenvalue weighted by atomic mass is 10.1. The van der Waals surface area contributed by atoms with Crippen molar-refractivity contribution in [2.24, 2.45) is 0 Å². The molecule has 0 saturated heterocycles. The topological polar surface area (TPSA) is 84.9 Å². The Kier molecular flexibility index (Phi) is 7.89. The van der Waals surface area contributed by atoms with Crippen LogP contribution in [0.1, 0.15) is 21.5 Å². The maximum atomic E-state index is 12.3. The van der Waals surface area contributed by atoms with Gasteiger partial charge in [0, 0.05) is 12.0 Å². The van der Waals surface area contributed by atoms with Gasteiger partial charge in [0.05, 0.1) is 18.7 Å². The Morgan fingerprint density at radius 1 is 1.03 bits per heavy atom. The minimum atomic E-state index is -1.28. The molecule has 0 heterocycles. The molecule has 0 bridgehead atoms. The van der Waals surface area contributed by atoms with Crippen LogP contribution in [-0.2, 0) is 11.2 Å². The normalized spacial score (nSPS) is 11.0. The van der Waals surface area contributed by atoms with Crippen molar-refractivity contribution in [3.05, 3.63) is 100 Å². The number of hydrogen-bond donors (Lipinski definition) is 2. The fourth-order valence-electron chi connectivity index (χ4n) is 2.98. The number of carbonyl (C=O) groups is 2. The molecule has 3 rings (SSSR count). The summed E-state index contributed by atoms with van der Waals surface area (Å²) in [6.07, 6.45) is 2.00. The van der Waals surface area contributed by atoms with Crippen LogP contribution in [0.2, 0.25) is 5.02 Å². The molecule has 0 atom stereocenters. The summed E-state index contributed by atoms with van der Waals surface area (Å²) in [6.45, 7) is 0.392. The van der Waals surface area contributed by atoms with Crippen molar-refractivity contribution in [1.82, 2.24) is 5.32 Å². The molecule has 0 fully saturated rings. The van der Waals surface area contributed by atoms with E-state index < -0.39 is 11.9 Å². The summed E-state index contributed by atoms with van der Waals surface area (Å²) in [7, 11) is 1.47. The second kappa shape index (κ2) is 11.0. The number of rotatable bonds is 9. The predicted octanol–water partition coefficient (Wildman–Crippen LogP) is 4.83. The van der Waals surface area contributed by atoms with Gasteiger partial charge in [-0.2, -0.15) is 0 Å². The highest BCUT2D eigenvalue weighted by Crippen LogP contribution is 2.37. The summed E-state index contributed by atoms with van der Waals surface area (Å²) in [5.41, 5.74) is 1.61. The summed E-state index contributed by atoms with van der Waals surface area (Å²) in [5.74, 6) is -1.09. The van der Waals surface area contributed by atoms with Gasteiger partial charge < -0.3 is 19.9 Å². The third kappa shape index (κ3) is 6.12. The Bertz CT molecular complexity index is 1110. The highest BCUT2D eigenvalue weighted by atomic mass is 35.5. The van der Waals surface area contributed by atoms with Crippen molar-refractivity contribution in [3.63, 3.8) is 0 Å². The molecule has 32 heavy (non-hydrogen) atoms. The van der Waals surface area contributed by atoms with E-state index in [1.165, 1.54) is 13.2 Å². The van der Waals surface area contributed by atoms with Gasteiger partial charge in [-0.05, 0) is 41.5 Å². The van der Waals surface area contributed by atoms with Crippen LogP contribution in [0.15, 0.2) is 78.5 Å². The summed E-state index contributed by atoms with van der Waals surface area (Å²) >= 11 is 6.39. The van der Waals surface area contributed by atoms with Gasteiger partial charge >= 0.3 is 5.97 Å². The molecule has 0 unspecified atom stereocenters. The van der Waals surface area contributed by atoms with Gasteiger partial charge in [0.1, 0.15) is 5.70 Å². The van der Waals surface area contributed by atoms with Crippen molar-refractivity contribution in [2.45, 2.75) is 6.42 Å². The number of ether oxygens (including phenoxy) is 2. The van der Waals surface area contributed by atoms with E-state index in [2.05, 4.69) is 5.32 Å². The number of hydrogen-bond acceptors (Lipinski definition) is 4. The Morgan fingerprint density at radius 3 is 2.31 bits per heavy atom. The average Bonchev–Trinajstić information content (AvgIpc) is 2.80. The van der Waals surface area contributed by atoms with Gasteiger partial charge in [0.25, 0.3) is 5.91 Å². The molecule has 0 aliphatic heterocycles. The smallest absolute Gasteiger partial charge is 0.352 e. The van der Waals surface area contributed by atoms with Crippen molar-refractivity contribution in [1.29, 1.82) is 0 Å². The van der Waals surface area contributed by atoms with Crippen LogP contribution < -0.4 is 14.8 Å². The fraction of sp³-hybridized carbons (Fsp3) is 0.120. The number of amides is 1. The van der Waals surface area contributed by atoms with Gasteiger partial charge in [0.2, 0.25) is 0 Å². The van der Waals surface area contributed by atoms with Crippen LogP contribution in [-0.4, -0.2) is 30.7 Å². The number of methoxy groups -OCH3 is 1. The maximum absolute atomic E-state index is 12.3. The highest BCUT2D eigenvalue weighted by Gasteiger charge is 2.16. The molecule has 3 aromatic carbocycles. The summed E-state index contributed by atoms with van der Waals surface area (Å²) in [5, 5.41) is 12.2. The number of nitrogens with one attached hydrogen (secondary N) is 1. The molecule has 0 aromatic heterocycles. The zero-order valence-corrected chi connectivity index (χ0v) is 18.1. The first-order chi connectivity index (χ1) is 15.5. The van der Waals surface area contributed by atoms with Gasteiger partial charge in [-0.3, -0.25) is 4.79 Å². The molecule has 0 aliphatic carbocycles. The number of carboxylic acids is 1. The largest absolute Gasteiger partial charge is 0.493 e. The van der Waals surface area contributed by atoms with E-state index >= 15 is 0 Å². The monoisotopic (exact) mass is 451 g/mol.